The van der Waals surface area contributed by atoms with Crippen molar-refractivity contribution < 1.29 is 9.84 Å². The molecule has 1 N–H and O–H groups in total. The highest BCUT2D eigenvalue weighted by molar-refractivity contribution is 6.52. The second-order valence-corrected chi connectivity index (χ2v) is 6.97. The molecule has 0 aliphatic carbocycles. The molecule has 0 saturated heterocycles. The number of rotatable bonds is 6. The van der Waals surface area contributed by atoms with E-state index in [2.05, 4.69) is 62.0 Å². The van der Waals surface area contributed by atoms with Crippen LogP contribution < -0.4 is 10.2 Å². The first-order valence-electron chi connectivity index (χ1n) is 9.33. The minimum atomic E-state index is -0.595. The van der Waals surface area contributed by atoms with Crippen LogP contribution in [0.2, 0.25) is 6.82 Å². The van der Waals surface area contributed by atoms with Gasteiger partial charge in [-0.2, -0.15) is 0 Å². The number of aromatic nitrogens is 1. The lowest BCUT2D eigenvalue weighted by atomic mass is 9.73. The maximum Gasteiger partial charge on any atom is 0.148 e. The summed E-state index contributed by atoms with van der Waals surface area (Å²) in [7, 11) is 2.11. The molecule has 1 unspecified atom stereocenters. The Bertz CT molecular complexity index is 1070. The molecule has 135 valence electrons. The third-order valence-corrected chi connectivity index (χ3v) is 4.96. The van der Waals surface area contributed by atoms with E-state index in [1.807, 2.05) is 30.3 Å². The van der Waals surface area contributed by atoms with Gasteiger partial charge in [-0.25, -0.2) is 0 Å². The van der Waals surface area contributed by atoms with Crippen molar-refractivity contribution in [2.45, 2.75) is 26.4 Å². The van der Waals surface area contributed by atoms with Crippen LogP contribution in [0.1, 0.15) is 5.56 Å². The first-order valence-corrected chi connectivity index (χ1v) is 9.33. The van der Waals surface area contributed by atoms with Gasteiger partial charge in [-0.15, -0.1) is 0 Å². The molecule has 3 nitrogen and oxygen atoms in total. The molecule has 4 rings (SSSR count). The molecule has 0 aliphatic heterocycles. The van der Waals surface area contributed by atoms with Gasteiger partial charge in [-0.05, 0) is 37.3 Å². The normalized spacial score (nSPS) is 12.4. The molecule has 4 heteroatoms. The SMILES string of the molecule is C[B]c1ccc2c(c1)c1cc(C)ccc1n2CC(O)COc1ccccc1. The molecule has 0 amide bonds. The molecule has 0 bridgehead atoms. The summed E-state index contributed by atoms with van der Waals surface area (Å²) in [5.41, 5.74) is 4.72. The summed E-state index contributed by atoms with van der Waals surface area (Å²) in [6.45, 7) is 4.92. The van der Waals surface area contributed by atoms with Crippen LogP contribution in [0.25, 0.3) is 21.8 Å². The first-order chi connectivity index (χ1) is 13.2. The van der Waals surface area contributed by atoms with Gasteiger partial charge in [0.05, 0.1) is 6.54 Å². The number of aliphatic hydroxyl groups excluding tert-OH is 1. The maximum absolute atomic E-state index is 10.6. The van der Waals surface area contributed by atoms with Crippen molar-refractivity contribution in [1.29, 1.82) is 0 Å². The number of aryl methyl sites for hydroxylation is 1. The predicted molar refractivity (Wildman–Crippen MR) is 113 cm³/mol. The molecule has 1 atom stereocenters. The van der Waals surface area contributed by atoms with Gasteiger partial charge in [-0.1, -0.05) is 54.2 Å². The zero-order valence-electron chi connectivity index (χ0n) is 15.7. The summed E-state index contributed by atoms with van der Waals surface area (Å²) in [6, 6.07) is 22.6. The lowest BCUT2D eigenvalue weighted by molar-refractivity contribution is 0.0945. The zero-order valence-corrected chi connectivity index (χ0v) is 15.7. The lowest BCUT2D eigenvalue weighted by Gasteiger charge is -2.15. The quantitative estimate of drug-likeness (QED) is 0.532. The summed E-state index contributed by atoms with van der Waals surface area (Å²) in [6.07, 6.45) is -0.595. The van der Waals surface area contributed by atoms with Crippen LogP contribution in [0, 0.1) is 6.92 Å². The van der Waals surface area contributed by atoms with Gasteiger partial charge in [-0.3, -0.25) is 0 Å². The Kier molecular flexibility index (Phi) is 4.91. The van der Waals surface area contributed by atoms with Crippen molar-refractivity contribution in [1.82, 2.24) is 4.57 Å². The van der Waals surface area contributed by atoms with Crippen molar-refractivity contribution in [2.24, 2.45) is 0 Å². The molecule has 0 fully saturated rings. The number of para-hydroxylation sites is 1. The second kappa shape index (κ2) is 7.49. The fraction of sp³-hybridized carbons (Fsp3) is 0.217. The van der Waals surface area contributed by atoms with Crippen LogP contribution in [0.4, 0.5) is 0 Å². The van der Waals surface area contributed by atoms with Crippen molar-refractivity contribution >= 4 is 34.5 Å². The highest BCUT2D eigenvalue weighted by atomic mass is 16.5. The standard InChI is InChI=1S/C23H23BNO2/c1-16-8-10-22-20(12-16)21-13-17(24-2)9-11-23(21)25(22)14-18(26)15-27-19-6-4-3-5-7-19/h3-13,18,26H,14-15H2,1-2H3. The van der Waals surface area contributed by atoms with E-state index < -0.39 is 6.10 Å². The van der Waals surface area contributed by atoms with Gasteiger partial charge < -0.3 is 14.4 Å². The van der Waals surface area contributed by atoms with Crippen LogP contribution in [0.5, 0.6) is 5.75 Å². The van der Waals surface area contributed by atoms with E-state index in [0.29, 0.717) is 6.54 Å². The van der Waals surface area contributed by atoms with E-state index in [0.717, 1.165) is 16.8 Å². The summed E-state index contributed by atoms with van der Waals surface area (Å²) in [5.74, 6) is 0.775. The van der Waals surface area contributed by atoms with Gasteiger partial charge in [0.1, 0.15) is 25.7 Å². The van der Waals surface area contributed by atoms with E-state index in [1.54, 1.807) is 0 Å². The van der Waals surface area contributed by atoms with Crippen molar-refractivity contribution in [3.05, 3.63) is 72.3 Å². The molecule has 1 radical (unpaired) electrons. The molecule has 3 aromatic carbocycles. The third kappa shape index (κ3) is 3.58. The van der Waals surface area contributed by atoms with Crippen molar-refractivity contribution in [3.63, 3.8) is 0 Å². The van der Waals surface area contributed by atoms with Crippen LogP contribution in [0.3, 0.4) is 0 Å². The number of fused-ring (bicyclic) bond motifs is 3. The van der Waals surface area contributed by atoms with Crippen LogP contribution in [-0.4, -0.2) is 29.7 Å². The maximum atomic E-state index is 10.6. The van der Waals surface area contributed by atoms with Gasteiger partial charge >= 0.3 is 0 Å². The van der Waals surface area contributed by atoms with Crippen LogP contribution in [0.15, 0.2) is 66.7 Å². The average Bonchev–Trinajstić information content (AvgIpc) is 2.99. The topological polar surface area (TPSA) is 34.4 Å². The van der Waals surface area contributed by atoms with Crippen LogP contribution >= 0.6 is 0 Å². The highest BCUT2D eigenvalue weighted by Crippen LogP contribution is 2.29. The van der Waals surface area contributed by atoms with Crippen LogP contribution in [-0.2, 0) is 6.54 Å². The summed E-state index contributed by atoms with van der Waals surface area (Å²) in [4.78, 5) is 0. The van der Waals surface area contributed by atoms with Crippen molar-refractivity contribution in [3.8, 4) is 5.75 Å². The van der Waals surface area contributed by atoms with E-state index in [9.17, 15) is 5.11 Å². The number of ether oxygens (including phenoxy) is 1. The molecule has 27 heavy (non-hydrogen) atoms. The summed E-state index contributed by atoms with van der Waals surface area (Å²) in [5, 5.41) is 13.1. The minimum Gasteiger partial charge on any atom is -0.491 e. The Morgan fingerprint density at radius 1 is 0.963 bits per heavy atom. The van der Waals surface area contributed by atoms with Crippen molar-refractivity contribution in [2.75, 3.05) is 6.61 Å². The van der Waals surface area contributed by atoms with E-state index in [4.69, 9.17) is 4.74 Å². The fourth-order valence-electron chi connectivity index (χ4n) is 3.58. The first kappa shape index (κ1) is 17.7. The number of hydrogen-bond donors (Lipinski definition) is 1. The largest absolute Gasteiger partial charge is 0.491 e. The Hall–Kier alpha value is -2.72. The Labute approximate surface area is 160 Å². The molecule has 4 aromatic rings. The molecule has 0 aliphatic rings. The highest BCUT2D eigenvalue weighted by Gasteiger charge is 2.15. The molecule has 0 saturated carbocycles. The Balaban J connectivity index is 1.67. The average molecular weight is 356 g/mol. The number of nitrogens with zero attached hydrogens (tertiary/aromatic N) is 1. The molecular formula is C23H23BNO2. The van der Waals surface area contributed by atoms with E-state index in [-0.39, 0.29) is 6.61 Å². The number of aliphatic hydroxyl groups is 1. The third-order valence-electron chi connectivity index (χ3n) is 4.96. The smallest absolute Gasteiger partial charge is 0.148 e. The number of hydrogen-bond acceptors (Lipinski definition) is 2. The summed E-state index contributed by atoms with van der Waals surface area (Å²) < 4.78 is 7.92. The minimum absolute atomic E-state index is 0.262. The Morgan fingerprint density at radius 2 is 1.67 bits per heavy atom. The second-order valence-electron chi connectivity index (χ2n) is 6.97. The molecule has 0 spiro atoms. The number of benzene rings is 3. The monoisotopic (exact) mass is 356 g/mol. The molecular weight excluding hydrogens is 333 g/mol. The van der Waals surface area contributed by atoms with E-state index in [1.165, 1.54) is 21.8 Å². The van der Waals surface area contributed by atoms with Gasteiger partial charge in [0, 0.05) is 21.8 Å². The lowest BCUT2D eigenvalue weighted by Crippen LogP contribution is -2.23. The van der Waals surface area contributed by atoms with Gasteiger partial charge in [0.25, 0.3) is 0 Å². The van der Waals surface area contributed by atoms with E-state index >= 15 is 0 Å². The molecule has 1 heterocycles. The van der Waals surface area contributed by atoms with Gasteiger partial charge in [0.2, 0.25) is 0 Å². The zero-order chi connectivity index (χ0) is 18.8. The summed E-state index contributed by atoms with van der Waals surface area (Å²) >= 11 is 0. The fourth-order valence-corrected chi connectivity index (χ4v) is 3.58. The predicted octanol–water partition coefficient (Wildman–Crippen LogP) is 3.92. The Morgan fingerprint density at radius 3 is 2.41 bits per heavy atom. The molecule has 1 aromatic heterocycles. The van der Waals surface area contributed by atoms with Gasteiger partial charge in [0.15, 0.2) is 0 Å².